The highest BCUT2D eigenvalue weighted by atomic mass is 16.3. The van der Waals surface area contributed by atoms with E-state index in [4.69, 9.17) is 5.73 Å². The molecule has 0 saturated carbocycles. The molecule has 0 aromatic heterocycles. The summed E-state index contributed by atoms with van der Waals surface area (Å²) in [5.74, 6) is -2.36. The number of hydrogen-bond donors (Lipinski definition) is 6. The number of carbonyl (C=O) groups excluding carboxylic acids is 5. The highest BCUT2D eigenvalue weighted by Gasteiger charge is 2.49. The minimum absolute atomic E-state index is 0.00317. The van der Waals surface area contributed by atoms with Crippen molar-refractivity contribution in [1.29, 1.82) is 0 Å². The number of nitrogens with one attached hydrogen (secondary N) is 3. The van der Waals surface area contributed by atoms with Gasteiger partial charge < -0.3 is 37.4 Å². The zero-order valence-electron chi connectivity index (χ0n) is 30.0. The normalized spacial score (nSPS) is 19.1. The van der Waals surface area contributed by atoms with Gasteiger partial charge in [0.15, 0.2) is 6.04 Å². The predicted molar refractivity (Wildman–Crippen MR) is 193 cm³/mol. The first-order chi connectivity index (χ1) is 24.9. The van der Waals surface area contributed by atoms with Crippen molar-refractivity contribution in [3.8, 4) is 5.75 Å². The van der Waals surface area contributed by atoms with Crippen LogP contribution in [0.15, 0.2) is 59.8 Å². The van der Waals surface area contributed by atoms with Crippen molar-refractivity contribution >= 4 is 29.5 Å². The van der Waals surface area contributed by atoms with E-state index in [1.165, 1.54) is 12.1 Å². The standard InChI is InChI=1S/C37H52N8O7/c1-23(2)16-31(35(49)40-30(10-6-7-15-38)37(51)45-26-19-27(45)21-44(20-26)22-33(47)43-52)42-36(50)32(18-24-8-4-3-5-9-24)41-34(48)29(39)17-25-11-13-28(46)14-12-25/h3-5,8-9,11-14,23,26-27,29-32,46H,6-7,10,15-22,38-39H2,1-2H3,(H,40,49)(H,41,48)(H,42,50)/p+1. The van der Waals surface area contributed by atoms with Gasteiger partial charge in [-0.05, 0) is 67.8 Å². The number of nitrogens with two attached hydrogens (primary N) is 1. The molecule has 52 heavy (non-hydrogen) atoms. The number of quaternary nitrogens is 1. The van der Waals surface area contributed by atoms with Crippen LogP contribution in [-0.2, 0) is 36.8 Å². The minimum atomic E-state index is -1.02. The van der Waals surface area contributed by atoms with Gasteiger partial charge in [-0.1, -0.05) is 56.3 Å². The largest absolute Gasteiger partial charge is 0.508 e. The number of phenols is 1. The molecule has 9 N–H and O–H groups in total. The number of likely N-dealkylation sites (tertiary alicyclic amines) is 2. The molecule has 15 heteroatoms. The van der Waals surface area contributed by atoms with Crippen LogP contribution in [0.1, 0.15) is 57.1 Å². The van der Waals surface area contributed by atoms with E-state index >= 15 is 0 Å². The van der Waals surface area contributed by atoms with E-state index in [-0.39, 0.29) is 55.5 Å². The SMILES string of the molecule is CC(C)CC(NC(=O)C(Cc1ccccc1)NC(=O)C([NH3+])Cc1ccc(O)cc1)C(=O)NC(CCCCN)C(=O)N1C2CC1CN(CC(=O)N=O)C2. The number of unbranched alkanes of at least 4 members (excludes halogenated alkanes) is 1. The van der Waals surface area contributed by atoms with Crippen molar-refractivity contribution in [3.05, 3.63) is 70.6 Å². The maximum atomic E-state index is 14.0. The highest BCUT2D eigenvalue weighted by molar-refractivity contribution is 5.95. The number of amides is 5. The van der Waals surface area contributed by atoms with Crippen molar-refractivity contribution in [2.24, 2.45) is 16.8 Å². The summed E-state index contributed by atoms with van der Waals surface area (Å²) in [4.78, 5) is 81.0. The van der Waals surface area contributed by atoms with E-state index in [2.05, 4.69) is 26.9 Å². The number of nitroso groups, excluding NO2 is 1. The Balaban J connectivity index is 1.47. The fourth-order valence-corrected chi connectivity index (χ4v) is 6.94. The minimum Gasteiger partial charge on any atom is -0.508 e. The molecule has 2 saturated heterocycles. The Morgan fingerprint density at radius 3 is 2.06 bits per heavy atom. The summed E-state index contributed by atoms with van der Waals surface area (Å²) in [7, 11) is 0. The van der Waals surface area contributed by atoms with Gasteiger partial charge in [-0.15, -0.1) is 4.91 Å². The molecule has 0 spiro atoms. The molecule has 2 aliphatic heterocycles. The first-order valence-electron chi connectivity index (χ1n) is 18.0. The average molecular weight is 722 g/mol. The molecule has 0 radical (unpaired) electrons. The molecule has 6 atom stereocenters. The first-order valence-corrected chi connectivity index (χ1v) is 18.0. The van der Waals surface area contributed by atoms with Crippen LogP contribution in [0.25, 0.3) is 0 Å². The topological polar surface area (TPSA) is 231 Å². The summed E-state index contributed by atoms with van der Waals surface area (Å²) in [5, 5.41) is 20.7. The van der Waals surface area contributed by atoms with Gasteiger partial charge in [-0.2, -0.15) is 0 Å². The van der Waals surface area contributed by atoms with Gasteiger partial charge in [0.1, 0.15) is 23.9 Å². The van der Waals surface area contributed by atoms with Crippen LogP contribution >= 0.6 is 0 Å². The third kappa shape index (κ3) is 11.4. The molecular formula is C37H53N8O7+. The molecular weight excluding hydrogens is 668 g/mol. The fourth-order valence-electron chi connectivity index (χ4n) is 6.94. The van der Waals surface area contributed by atoms with Crippen LogP contribution in [0.2, 0.25) is 0 Å². The lowest BCUT2D eigenvalue weighted by molar-refractivity contribution is -0.403. The second-order valence-electron chi connectivity index (χ2n) is 14.3. The molecule has 2 bridgehead atoms. The first kappa shape index (κ1) is 40.0. The second-order valence-corrected chi connectivity index (χ2v) is 14.3. The average Bonchev–Trinajstić information content (AvgIpc) is 3.11. The Hall–Kier alpha value is -4.73. The van der Waals surface area contributed by atoms with E-state index in [1.807, 2.05) is 49.1 Å². The number of benzene rings is 2. The lowest BCUT2D eigenvalue weighted by Crippen LogP contribution is -2.72. The van der Waals surface area contributed by atoms with Crippen LogP contribution < -0.4 is 27.4 Å². The van der Waals surface area contributed by atoms with Gasteiger partial charge in [0.05, 0.1) is 6.54 Å². The van der Waals surface area contributed by atoms with Crippen LogP contribution in [0.4, 0.5) is 0 Å². The quantitative estimate of drug-likeness (QED) is 0.0846. The molecule has 6 unspecified atom stereocenters. The Kier molecular flexibility index (Phi) is 14.8. The monoisotopic (exact) mass is 721 g/mol. The van der Waals surface area contributed by atoms with Crippen molar-refractivity contribution < 1.29 is 34.8 Å². The van der Waals surface area contributed by atoms with Crippen molar-refractivity contribution in [2.45, 2.75) is 95.0 Å². The Labute approximate surface area is 304 Å². The summed E-state index contributed by atoms with van der Waals surface area (Å²) < 4.78 is 0. The van der Waals surface area contributed by atoms with E-state index < -0.39 is 47.8 Å². The van der Waals surface area contributed by atoms with E-state index in [9.17, 15) is 34.0 Å². The van der Waals surface area contributed by atoms with Crippen LogP contribution in [-0.4, -0.2) is 107 Å². The van der Waals surface area contributed by atoms with Crippen LogP contribution in [0.3, 0.4) is 0 Å². The predicted octanol–water partition coefficient (Wildman–Crippen LogP) is -0.00450. The zero-order valence-corrected chi connectivity index (χ0v) is 30.0. The summed E-state index contributed by atoms with van der Waals surface area (Å²) in [5.41, 5.74) is 11.3. The van der Waals surface area contributed by atoms with E-state index in [1.54, 1.807) is 17.0 Å². The van der Waals surface area contributed by atoms with Gasteiger partial charge in [0.25, 0.3) is 11.8 Å². The van der Waals surface area contributed by atoms with E-state index in [0.717, 1.165) is 17.5 Å². The Bertz CT molecular complexity index is 1530. The van der Waals surface area contributed by atoms with Gasteiger partial charge in [-0.3, -0.25) is 28.9 Å². The highest BCUT2D eigenvalue weighted by Crippen LogP contribution is 2.33. The number of aromatic hydroxyl groups is 1. The number of phenolic OH excluding ortho intramolecular Hbond substituents is 1. The molecule has 5 amide bonds. The van der Waals surface area contributed by atoms with Crippen molar-refractivity contribution in [3.63, 3.8) is 0 Å². The molecule has 2 fully saturated rings. The van der Waals surface area contributed by atoms with Gasteiger partial charge in [0, 0.05) is 43.2 Å². The molecule has 4 rings (SSSR count). The number of piperidine rings is 1. The molecule has 15 nitrogen and oxygen atoms in total. The molecule has 282 valence electrons. The van der Waals surface area contributed by atoms with Crippen LogP contribution in [0, 0.1) is 10.8 Å². The summed E-state index contributed by atoms with van der Waals surface area (Å²) in [6.45, 7) is 5.04. The van der Waals surface area contributed by atoms with Crippen molar-refractivity contribution in [2.75, 3.05) is 26.2 Å². The smallest absolute Gasteiger partial charge is 0.300 e. The number of piperazine rings is 1. The molecule has 2 aromatic carbocycles. The molecule has 0 aliphatic carbocycles. The lowest BCUT2D eigenvalue weighted by atomic mass is 9.86. The molecule has 2 heterocycles. The number of fused-ring (bicyclic) bond motifs is 2. The number of nitrogens with zero attached hydrogens (tertiary/aromatic N) is 3. The summed E-state index contributed by atoms with van der Waals surface area (Å²) in [6, 6.07) is 11.8. The Morgan fingerprint density at radius 2 is 1.44 bits per heavy atom. The fraction of sp³-hybridized carbons (Fsp3) is 0.541. The third-order valence-corrected chi connectivity index (χ3v) is 9.59. The summed E-state index contributed by atoms with van der Waals surface area (Å²) in [6.07, 6.45) is 3.13. The number of rotatable bonds is 19. The lowest BCUT2D eigenvalue weighted by Gasteiger charge is -2.56. The second kappa shape index (κ2) is 19.2. The Morgan fingerprint density at radius 1 is 0.846 bits per heavy atom. The third-order valence-electron chi connectivity index (χ3n) is 9.59. The van der Waals surface area contributed by atoms with Gasteiger partial charge in [-0.25, -0.2) is 0 Å². The maximum absolute atomic E-state index is 14.0. The van der Waals surface area contributed by atoms with Crippen LogP contribution in [0.5, 0.6) is 5.75 Å². The molecule has 2 aromatic rings. The number of hydrogen-bond acceptors (Lipinski definition) is 9. The van der Waals surface area contributed by atoms with E-state index in [0.29, 0.717) is 38.9 Å². The van der Waals surface area contributed by atoms with Gasteiger partial charge in [0.2, 0.25) is 17.7 Å². The maximum Gasteiger partial charge on any atom is 0.300 e. The summed E-state index contributed by atoms with van der Waals surface area (Å²) >= 11 is 0. The zero-order chi connectivity index (χ0) is 37.8. The number of carbonyl (C=O) groups is 5. The van der Waals surface area contributed by atoms with Crippen molar-refractivity contribution in [1.82, 2.24) is 25.8 Å². The van der Waals surface area contributed by atoms with Gasteiger partial charge >= 0.3 is 0 Å². The molecule has 2 aliphatic rings.